The van der Waals surface area contributed by atoms with Gasteiger partial charge in [-0.1, -0.05) is 29.8 Å². The molecule has 1 saturated heterocycles. The number of rotatable bonds is 3. The molecule has 1 aliphatic heterocycles. The summed E-state index contributed by atoms with van der Waals surface area (Å²) in [4.78, 5) is 16.6. The van der Waals surface area contributed by atoms with Gasteiger partial charge >= 0.3 is 0 Å². The molecule has 4 nitrogen and oxygen atoms in total. The van der Waals surface area contributed by atoms with Crippen LogP contribution in [-0.2, 0) is 0 Å². The van der Waals surface area contributed by atoms with Crippen LogP contribution in [0.15, 0.2) is 29.6 Å². The van der Waals surface area contributed by atoms with E-state index in [0.717, 1.165) is 36.5 Å². The highest BCUT2D eigenvalue weighted by Gasteiger charge is 2.18. The maximum absolute atomic E-state index is 12.2. The summed E-state index contributed by atoms with van der Waals surface area (Å²) >= 11 is 7.60. The smallest absolute Gasteiger partial charge is 0.270 e. The molecule has 0 atom stereocenters. The average molecular weight is 322 g/mol. The number of halogens is 1. The van der Waals surface area contributed by atoms with E-state index in [4.69, 9.17) is 11.6 Å². The van der Waals surface area contributed by atoms with Gasteiger partial charge in [-0.2, -0.15) is 0 Å². The number of carbonyl (C=O) groups excluding carboxylic acids is 1. The molecule has 2 aromatic rings. The minimum atomic E-state index is -0.101. The van der Waals surface area contributed by atoms with Gasteiger partial charge in [-0.05, 0) is 32.0 Å². The SMILES string of the molecule is O=C(NC1CCNCC1)c1csc(-c2ccccc2Cl)n1. The summed E-state index contributed by atoms with van der Waals surface area (Å²) < 4.78 is 0. The number of nitrogens with one attached hydrogen (secondary N) is 2. The highest BCUT2D eigenvalue weighted by molar-refractivity contribution is 7.13. The third-order valence-electron chi connectivity index (χ3n) is 3.52. The van der Waals surface area contributed by atoms with Crippen molar-refractivity contribution < 1.29 is 4.79 Å². The number of hydrogen-bond acceptors (Lipinski definition) is 4. The van der Waals surface area contributed by atoms with Gasteiger partial charge in [0.25, 0.3) is 5.91 Å². The van der Waals surface area contributed by atoms with Crippen LogP contribution in [0, 0.1) is 0 Å². The van der Waals surface area contributed by atoms with Gasteiger partial charge in [-0.15, -0.1) is 11.3 Å². The number of thiazole rings is 1. The predicted molar refractivity (Wildman–Crippen MR) is 85.9 cm³/mol. The fourth-order valence-electron chi connectivity index (χ4n) is 2.36. The molecule has 6 heteroatoms. The Kier molecular flexibility index (Phi) is 4.53. The van der Waals surface area contributed by atoms with Crippen LogP contribution in [-0.4, -0.2) is 30.0 Å². The molecule has 1 aromatic carbocycles. The van der Waals surface area contributed by atoms with Crippen LogP contribution in [0.2, 0.25) is 5.02 Å². The average Bonchev–Trinajstić information content (AvgIpc) is 2.98. The van der Waals surface area contributed by atoms with Crippen molar-refractivity contribution in [2.45, 2.75) is 18.9 Å². The number of carbonyl (C=O) groups is 1. The molecule has 0 bridgehead atoms. The number of hydrogen-bond donors (Lipinski definition) is 2. The first-order chi connectivity index (χ1) is 10.2. The Labute approximate surface area is 132 Å². The highest BCUT2D eigenvalue weighted by Crippen LogP contribution is 2.30. The summed E-state index contributed by atoms with van der Waals surface area (Å²) in [6.07, 6.45) is 1.93. The second-order valence-corrected chi connectivity index (χ2v) is 6.28. The molecule has 0 spiro atoms. The predicted octanol–water partition coefficient (Wildman–Crippen LogP) is 2.95. The van der Waals surface area contributed by atoms with Crippen LogP contribution in [0.3, 0.4) is 0 Å². The first-order valence-corrected chi connectivity index (χ1v) is 8.22. The molecule has 1 aromatic heterocycles. The lowest BCUT2D eigenvalue weighted by molar-refractivity contribution is 0.0925. The molecule has 0 saturated carbocycles. The number of nitrogens with zero attached hydrogens (tertiary/aromatic N) is 1. The van der Waals surface area contributed by atoms with Crippen molar-refractivity contribution in [1.29, 1.82) is 0 Å². The minimum Gasteiger partial charge on any atom is -0.348 e. The van der Waals surface area contributed by atoms with Gasteiger partial charge < -0.3 is 10.6 Å². The van der Waals surface area contributed by atoms with Gasteiger partial charge in [0.1, 0.15) is 10.7 Å². The van der Waals surface area contributed by atoms with E-state index in [-0.39, 0.29) is 11.9 Å². The van der Waals surface area contributed by atoms with E-state index >= 15 is 0 Å². The van der Waals surface area contributed by atoms with E-state index < -0.39 is 0 Å². The van der Waals surface area contributed by atoms with E-state index in [1.54, 1.807) is 5.38 Å². The number of amides is 1. The van der Waals surface area contributed by atoms with Gasteiger partial charge in [0.15, 0.2) is 0 Å². The van der Waals surface area contributed by atoms with Crippen molar-refractivity contribution in [2.75, 3.05) is 13.1 Å². The summed E-state index contributed by atoms with van der Waals surface area (Å²) in [5.74, 6) is -0.101. The van der Waals surface area contributed by atoms with Crippen molar-refractivity contribution in [3.05, 3.63) is 40.4 Å². The van der Waals surface area contributed by atoms with Crippen LogP contribution >= 0.6 is 22.9 Å². The van der Waals surface area contributed by atoms with Crippen molar-refractivity contribution >= 4 is 28.8 Å². The largest absolute Gasteiger partial charge is 0.348 e. The van der Waals surface area contributed by atoms with E-state index in [1.165, 1.54) is 11.3 Å². The second-order valence-electron chi connectivity index (χ2n) is 5.02. The Morgan fingerprint density at radius 1 is 1.33 bits per heavy atom. The van der Waals surface area contributed by atoms with E-state index in [9.17, 15) is 4.79 Å². The zero-order chi connectivity index (χ0) is 14.7. The van der Waals surface area contributed by atoms with Gasteiger partial charge in [0, 0.05) is 17.0 Å². The fraction of sp³-hybridized carbons (Fsp3) is 0.333. The molecule has 0 aliphatic carbocycles. The molecule has 0 unspecified atom stereocenters. The molecule has 3 rings (SSSR count). The first kappa shape index (κ1) is 14.5. The third-order valence-corrected chi connectivity index (χ3v) is 4.72. The molecule has 1 fully saturated rings. The lowest BCUT2D eigenvalue weighted by atomic mass is 10.1. The molecular formula is C15H16ClN3OS. The van der Waals surface area contributed by atoms with E-state index in [0.29, 0.717) is 10.7 Å². The molecule has 2 N–H and O–H groups in total. The van der Waals surface area contributed by atoms with Crippen molar-refractivity contribution in [2.24, 2.45) is 0 Å². The summed E-state index contributed by atoms with van der Waals surface area (Å²) in [6, 6.07) is 7.77. The summed E-state index contributed by atoms with van der Waals surface area (Å²) in [6.45, 7) is 1.90. The summed E-state index contributed by atoms with van der Waals surface area (Å²) in [5, 5.41) is 9.54. The maximum atomic E-state index is 12.2. The fourth-order valence-corrected chi connectivity index (χ4v) is 3.48. The molecule has 21 heavy (non-hydrogen) atoms. The molecule has 0 radical (unpaired) electrons. The monoisotopic (exact) mass is 321 g/mol. The maximum Gasteiger partial charge on any atom is 0.270 e. The molecule has 1 amide bonds. The van der Waals surface area contributed by atoms with E-state index in [1.807, 2.05) is 24.3 Å². The van der Waals surface area contributed by atoms with Gasteiger partial charge in [-0.25, -0.2) is 4.98 Å². The summed E-state index contributed by atoms with van der Waals surface area (Å²) in [5.41, 5.74) is 1.33. The lowest BCUT2D eigenvalue weighted by Crippen LogP contribution is -2.42. The number of piperidine rings is 1. The van der Waals surface area contributed by atoms with Crippen LogP contribution in [0.25, 0.3) is 10.6 Å². The number of benzene rings is 1. The standard InChI is InChI=1S/C15H16ClN3OS/c16-12-4-2-1-3-11(12)15-19-13(9-21-15)14(20)18-10-5-7-17-8-6-10/h1-4,9-10,17H,5-8H2,(H,18,20). The Bertz CT molecular complexity index is 637. The third kappa shape index (κ3) is 3.43. The van der Waals surface area contributed by atoms with Crippen LogP contribution < -0.4 is 10.6 Å². The van der Waals surface area contributed by atoms with Crippen molar-refractivity contribution in [1.82, 2.24) is 15.6 Å². The topological polar surface area (TPSA) is 54.0 Å². The molecule has 110 valence electrons. The first-order valence-electron chi connectivity index (χ1n) is 6.96. The van der Waals surface area contributed by atoms with Gasteiger partial charge in [-0.3, -0.25) is 4.79 Å². The minimum absolute atomic E-state index is 0.101. The quantitative estimate of drug-likeness (QED) is 0.914. The molecular weight excluding hydrogens is 306 g/mol. The van der Waals surface area contributed by atoms with Crippen molar-refractivity contribution in [3.63, 3.8) is 0 Å². The highest BCUT2D eigenvalue weighted by atomic mass is 35.5. The Morgan fingerprint density at radius 3 is 2.86 bits per heavy atom. The van der Waals surface area contributed by atoms with Gasteiger partial charge in [0.2, 0.25) is 0 Å². The zero-order valence-electron chi connectivity index (χ0n) is 11.4. The zero-order valence-corrected chi connectivity index (χ0v) is 13.0. The normalized spacial score (nSPS) is 15.9. The van der Waals surface area contributed by atoms with Crippen LogP contribution in [0.1, 0.15) is 23.3 Å². The van der Waals surface area contributed by atoms with Crippen LogP contribution in [0.5, 0.6) is 0 Å². The lowest BCUT2D eigenvalue weighted by Gasteiger charge is -2.23. The van der Waals surface area contributed by atoms with Crippen LogP contribution in [0.4, 0.5) is 0 Å². The van der Waals surface area contributed by atoms with Gasteiger partial charge in [0.05, 0.1) is 5.02 Å². The Balaban J connectivity index is 1.72. The molecule has 1 aliphatic rings. The molecule has 2 heterocycles. The van der Waals surface area contributed by atoms with E-state index in [2.05, 4.69) is 15.6 Å². The number of aromatic nitrogens is 1. The van der Waals surface area contributed by atoms with Crippen molar-refractivity contribution in [3.8, 4) is 10.6 Å². The Morgan fingerprint density at radius 2 is 2.10 bits per heavy atom. The summed E-state index contributed by atoms with van der Waals surface area (Å²) in [7, 11) is 0. The Hall–Kier alpha value is -1.43. The second kappa shape index (κ2) is 6.56.